The summed E-state index contributed by atoms with van der Waals surface area (Å²) >= 11 is 0. The van der Waals surface area contributed by atoms with Crippen molar-refractivity contribution in [3.63, 3.8) is 0 Å². The lowest BCUT2D eigenvalue weighted by molar-refractivity contribution is 0.457. The Morgan fingerprint density at radius 2 is 2.00 bits per heavy atom. The van der Waals surface area contributed by atoms with Crippen molar-refractivity contribution in [1.29, 1.82) is 5.26 Å². The van der Waals surface area contributed by atoms with Gasteiger partial charge in [-0.15, -0.1) is 0 Å². The molecule has 0 amide bonds. The van der Waals surface area contributed by atoms with Crippen LogP contribution >= 0.6 is 0 Å². The number of nitrogens with two attached hydrogens (primary N) is 1. The molecule has 7 nitrogen and oxygen atoms in total. The summed E-state index contributed by atoms with van der Waals surface area (Å²) in [6.07, 6.45) is 1.37. The monoisotopic (exact) mass is 306 g/mol. The highest BCUT2D eigenvalue weighted by Gasteiger charge is 2.15. The van der Waals surface area contributed by atoms with E-state index in [9.17, 15) is 0 Å². The first-order valence-electron chi connectivity index (χ1n) is 6.91. The standard InChI is InChI=1S/C16H14N6O/c1-10-5-3-4-6-13(10)23-15-7-14(19-9-20-15)22-16(18)12(8-17)11(2)21-22/h3-7,9H,18H2,1-2H3. The van der Waals surface area contributed by atoms with Gasteiger partial charge in [-0.2, -0.15) is 15.0 Å². The predicted octanol–water partition coefficient (Wildman–Crippen LogP) is 2.53. The molecular formula is C16H14N6O. The molecular weight excluding hydrogens is 292 g/mol. The number of nitrogens with zero attached hydrogens (tertiary/aromatic N) is 5. The summed E-state index contributed by atoms with van der Waals surface area (Å²) in [5.41, 5.74) is 7.83. The van der Waals surface area contributed by atoms with E-state index < -0.39 is 0 Å². The Morgan fingerprint density at radius 3 is 2.70 bits per heavy atom. The quantitative estimate of drug-likeness (QED) is 0.797. The van der Waals surface area contributed by atoms with Crippen molar-refractivity contribution in [2.24, 2.45) is 0 Å². The third kappa shape index (κ3) is 2.70. The van der Waals surface area contributed by atoms with E-state index in [1.165, 1.54) is 11.0 Å². The van der Waals surface area contributed by atoms with Gasteiger partial charge < -0.3 is 10.5 Å². The second-order valence-electron chi connectivity index (χ2n) is 4.95. The van der Waals surface area contributed by atoms with Gasteiger partial charge in [0.2, 0.25) is 5.88 Å². The van der Waals surface area contributed by atoms with Crippen molar-refractivity contribution in [2.75, 3.05) is 5.73 Å². The lowest BCUT2D eigenvalue weighted by Gasteiger charge is -2.08. The largest absolute Gasteiger partial charge is 0.439 e. The van der Waals surface area contributed by atoms with E-state index in [1.807, 2.05) is 37.3 Å². The third-order valence-corrected chi connectivity index (χ3v) is 3.36. The molecule has 0 aliphatic heterocycles. The van der Waals surface area contributed by atoms with Gasteiger partial charge in [-0.3, -0.25) is 0 Å². The number of hydrogen-bond donors (Lipinski definition) is 1. The van der Waals surface area contributed by atoms with Gasteiger partial charge in [0.05, 0.1) is 5.69 Å². The highest BCUT2D eigenvalue weighted by Crippen LogP contribution is 2.25. The molecule has 0 saturated carbocycles. The maximum atomic E-state index is 9.10. The number of aryl methyl sites for hydroxylation is 2. The molecule has 0 fully saturated rings. The van der Waals surface area contributed by atoms with Crippen LogP contribution in [0.5, 0.6) is 11.6 Å². The minimum atomic E-state index is 0.241. The van der Waals surface area contributed by atoms with Crippen molar-refractivity contribution < 1.29 is 4.74 Å². The second-order valence-corrected chi connectivity index (χ2v) is 4.95. The Hall–Kier alpha value is -3.40. The summed E-state index contributed by atoms with van der Waals surface area (Å²) in [5.74, 6) is 1.76. The van der Waals surface area contributed by atoms with Crippen molar-refractivity contribution in [3.8, 4) is 23.5 Å². The molecule has 3 rings (SSSR count). The topological polar surface area (TPSA) is 103 Å². The molecule has 0 unspecified atom stereocenters. The highest BCUT2D eigenvalue weighted by molar-refractivity contribution is 5.55. The highest BCUT2D eigenvalue weighted by atomic mass is 16.5. The van der Waals surface area contributed by atoms with E-state index in [0.717, 1.165) is 5.56 Å². The smallest absolute Gasteiger partial charge is 0.224 e. The van der Waals surface area contributed by atoms with Gasteiger partial charge in [0.15, 0.2) is 5.82 Å². The predicted molar refractivity (Wildman–Crippen MR) is 84.3 cm³/mol. The van der Waals surface area contributed by atoms with Crippen LogP contribution in [0.2, 0.25) is 0 Å². The number of ether oxygens (including phenoxy) is 1. The summed E-state index contributed by atoms with van der Waals surface area (Å²) in [7, 11) is 0. The number of rotatable bonds is 3. The molecule has 0 radical (unpaired) electrons. The van der Waals surface area contributed by atoms with Crippen molar-refractivity contribution in [1.82, 2.24) is 19.7 Å². The first-order valence-corrected chi connectivity index (χ1v) is 6.91. The number of nitrogen functional groups attached to an aromatic ring is 1. The maximum Gasteiger partial charge on any atom is 0.224 e. The molecule has 0 spiro atoms. The van der Waals surface area contributed by atoms with E-state index in [1.54, 1.807) is 13.0 Å². The van der Waals surface area contributed by atoms with Gasteiger partial charge in [-0.1, -0.05) is 18.2 Å². The Balaban J connectivity index is 1.98. The normalized spacial score (nSPS) is 10.3. The number of aromatic nitrogens is 4. The Bertz CT molecular complexity index is 909. The number of anilines is 1. The number of nitriles is 1. The minimum Gasteiger partial charge on any atom is -0.439 e. The van der Waals surface area contributed by atoms with Crippen molar-refractivity contribution >= 4 is 5.82 Å². The van der Waals surface area contributed by atoms with Gasteiger partial charge >= 0.3 is 0 Å². The van der Waals surface area contributed by atoms with Crippen LogP contribution in [0.15, 0.2) is 36.7 Å². The van der Waals surface area contributed by atoms with Crippen LogP contribution in [-0.2, 0) is 0 Å². The van der Waals surface area contributed by atoms with Crippen LogP contribution in [-0.4, -0.2) is 19.7 Å². The lowest BCUT2D eigenvalue weighted by Crippen LogP contribution is -2.05. The first-order chi connectivity index (χ1) is 11.1. The molecule has 23 heavy (non-hydrogen) atoms. The molecule has 1 aromatic carbocycles. The van der Waals surface area contributed by atoms with Crippen LogP contribution in [0, 0.1) is 25.2 Å². The van der Waals surface area contributed by atoms with Gasteiger partial charge in [0.25, 0.3) is 0 Å². The molecule has 3 aromatic rings. The van der Waals surface area contributed by atoms with Gasteiger partial charge in [-0.25, -0.2) is 9.97 Å². The fraction of sp³-hybridized carbons (Fsp3) is 0.125. The van der Waals surface area contributed by atoms with Crippen LogP contribution < -0.4 is 10.5 Å². The number of para-hydroxylation sites is 1. The summed E-state index contributed by atoms with van der Waals surface area (Å²) in [4.78, 5) is 8.24. The van der Waals surface area contributed by atoms with Crippen molar-refractivity contribution in [3.05, 3.63) is 53.5 Å². The third-order valence-electron chi connectivity index (χ3n) is 3.36. The molecule has 0 atom stereocenters. The summed E-state index contributed by atoms with van der Waals surface area (Å²) in [5, 5.41) is 13.3. The fourth-order valence-electron chi connectivity index (χ4n) is 2.14. The Morgan fingerprint density at radius 1 is 1.22 bits per heavy atom. The first kappa shape index (κ1) is 14.5. The molecule has 0 bridgehead atoms. The Labute approximate surface area is 133 Å². The minimum absolute atomic E-state index is 0.241. The molecule has 7 heteroatoms. The molecule has 0 saturated heterocycles. The molecule has 2 aromatic heterocycles. The number of benzene rings is 1. The van der Waals surface area contributed by atoms with E-state index in [0.29, 0.717) is 28.7 Å². The van der Waals surface area contributed by atoms with Crippen LogP contribution in [0.1, 0.15) is 16.8 Å². The van der Waals surface area contributed by atoms with Crippen LogP contribution in [0.4, 0.5) is 5.82 Å². The van der Waals surface area contributed by atoms with Crippen LogP contribution in [0.25, 0.3) is 5.82 Å². The van der Waals surface area contributed by atoms with Gasteiger partial charge in [0, 0.05) is 6.07 Å². The zero-order chi connectivity index (χ0) is 16.4. The summed E-state index contributed by atoms with van der Waals surface area (Å²) < 4.78 is 7.18. The van der Waals surface area contributed by atoms with E-state index in [4.69, 9.17) is 15.7 Å². The summed E-state index contributed by atoms with van der Waals surface area (Å²) in [6.45, 7) is 3.67. The molecule has 114 valence electrons. The average Bonchev–Trinajstić information content (AvgIpc) is 2.84. The van der Waals surface area contributed by atoms with Gasteiger partial charge in [-0.05, 0) is 25.5 Å². The SMILES string of the molecule is Cc1ccccc1Oc1cc(-n2nc(C)c(C#N)c2N)ncn1. The van der Waals surface area contributed by atoms with E-state index >= 15 is 0 Å². The molecule has 2 heterocycles. The molecule has 0 aliphatic carbocycles. The van der Waals surface area contributed by atoms with Crippen molar-refractivity contribution in [2.45, 2.75) is 13.8 Å². The molecule has 0 aliphatic rings. The van der Waals surface area contributed by atoms with E-state index in [2.05, 4.69) is 15.1 Å². The second kappa shape index (κ2) is 5.77. The zero-order valence-electron chi connectivity index (χ0n) is 12.7. The molecule has 2 N–H and O–H groups in total. The Kier molecular flexibility index (Phi) is 3.65. The summed E-state index contributed by atoms with van der Waals surface area (Å²) in [6, 6.07) is 11.3. The van der Waals surface area contributed by atoms with E-state index in [-0.39, 0.29) is 5.82 Å². The fourth-order valence-corrected chi connectivity index (χ4v) is 2.14. The average molecular weight is 306 g/mol. The lowest BCUT2D eigenvalue weighted by atomic mass is 10.2. The zero-order valence-corrected chi connectivity index (χ0v) is 12.7. The van der Waals surface area contributed by atoms with Crippen LogP contribution in [0.3, 0.4) is 0 Å². The number of hydrogen-bond acceptors (Lipinski definition) is 6. The van der Waals surface area contributed by atoms with Gasteiger partial charge in [0.1, 0.15) is 29.5 Å². The maximum absolute atomic E-state index is 9.10.